The Hall–Kier alpha value is -2.45. The Morgan fingerprint density at radius 2 is 1.83 bits per heavy atom. The Morgan fingerprint density at radius 1 is 1.17 bits per heavy atom. The fourth-order valence-electron chi connectivity index (χ4n) is 3.42. The molecule has 2 rings (SSSR count). The van der Waals surface area contributed by atoms with Gasteiger partial charge in [-0.25, -0.2) is 0 Å². The van der Waals surface area contributed by atoms with E-state index in [0.29, 0.717) is 25.8 Å². The Kier molecular flexibility index (Phi) is 8.80. The summed E-state index contributed by atoms with van der Waals surface area (Å²) in [6, 6.07) is 6.25. The zero-order chi connectivity index (χ0) is 22.3. The van der Waals surface area contributed by atoms with Crippen LogP contribution >= 0.6 is 11.6 Å². The summed E-state index contributed by atoms with van der Waals surface area (Å²) in [5.74, 6) is -1.73. The zero-order valence-corrected chi connectivity index (χ0v) is 18.0. The largest absolute Gasteiger partial charge is 0.344 e. The van der Waals surface area contributed by atoms with Gasteiger partial charge in [-0.2, -0.15) is 0 Å². The molecule has 1 aliphatic heterocycles. The fourth-order valence-corrected chi connectivity index (χ4v) is 3.61. The van der Waals surface area contributed by atoms with Crippen LogP contribution in [-0.4, -0.2) is 65.0 Å². The van der Waals surface area contributed by atoms with Gasteiger partial charge in [-0.05, 0) is 38.7 Å². The molecule has 0 saturated carbocycles. The molecule has 1 fully saturated rings. The first-order chi connectivity index (χ1) is 14.2. The lowest BCUT2D eigenvalue weighted by molar-refractivity contribution is -0.140. The second-order valence-electron chi connectivity index (χ2n) is 7.56. The van der Waals surface area contributed by atoms with Crippen molar-refractivity contribution in [2.45, 2.75) is 57.3 Å². The average Bonchev–Trinajstić information content (AvgIpc) is 3.22. The maximum absolute atomic E-state index is 12.7. The average molecular weight is 437 g/mol. The topological polar surface area (TPSA) is 122 Å². The van der Waals surface area contributed by atoms with E-state index in [4.69, 9.17) is 17.3 Å². The molecule has 8 nitrogen and oxygen atoms in total. The van der Waals surface area contributed by atoms with E-state index >= 15 is 0 Å². The molecule has 30 heavy (non-hydrogen) atoms. The van der Waals surface area contributed by atoms with Crippen molar-refractivity contribution in [3.63, 3.8) is 0 Å². The lowest BCUT2D eigenvalue weighted by atomic mass is 10.0. The molecule has 4 N–H and O–H groups in total. The summed E-state index contributed by atoms with van der Waals surface area (Å²) in [7, 11) is 0. The number of alkyl halides is 1. The number of hydrogen-bond donors (Lipinski definition) is 3. The molecule has 3 amide bonds. The van der Waals surface area contributed by atoms with Crippen LogP contribution in [0.15, 0.2) is 30.3 Å². The van der Waals surface area contributed by atoms with Gasteiger partial charge in [-0.15, -0.1) is 11.6 Å². The summed E-state index contributed by atoms with van der Waals surface area (Å²) >= 11 is 5.70. The number of rotatable bonds is 9. The second kappa shape index (κ2) is 11.1. The van der Waals surface area contributed by atoms with Gasteiger partial charge in [0.25, 0.3) is 0 Å². The van der Waals surface area contributed by atoms with Crippen LogP contribution in [0, 0.1) is 0 Å². The SMILES string of the molecule is C[C@H](NC(=O)C1CCCN1C(=O)[C@@H](C)N)C(=O)NC(Cc1ccccc1)C(=O)CCl. The molecule has 2 unspecified atom stereocenters. The number of Topliss-reactive ketones (excluding diaryl/α,β-unsaturated/α-hetero) is 1. The summed E-state index contributed by atoms with van der Waals surface area (Å²) in [6.45, 7) is 3.57. The van der Waals surface area contributed by atoms with Crippen LogP contribution in [0.2, 0.25) is 0 Å². The van der Waals surface area contributed by atoms with Crippen LogP contribution in [-0.2, 0) is 25.6 Å². The number of amides is 3. The number of ketones is 1. The van der Waals surface area contributed by atoms with E-state index in [2.05, 4.69) is 10.6 Å². The number of nitrogens with two attached hydrogens (primary N) is 1. The maximum atomic E-state index is 12.7. The first kappa shape index (κ1) is 23.8. The third kappa shape index (κ3) is 6.27. The molecular formula is C21H29ClN4O4. The maximum Gasteiger partial charge on any atom is 0.243 e. The zero-order valence-electron chi connectivity index (χ0n) is 17.3. The van der Waals surface area contributed by atoms with Crippen molar-refractivity contribution in [1.29, 1.82) is 0 Å². The normalized spacial score (nSPS) is 18.9. The van der Waals surface area contributed by atoms with Gasteiger partial charge in [-0.3, -0.25) is 19.2 Å². The van der Waals surface area contributed by atoms with Crippen molar-refractivity contribution >= 4 is 35.1 Å². The fraction of sp³-hybridized carbons (Fsp3) is 0.524. The molecule has 1 aliphatic rings. The van der Waals surface area contributed by atoms with Crippen LogP contribution in [0.5, 0.6) is 0 Å². The van der Waals surface area contributed by atoms with Crippen molar-refractivity contribution in [1.82, 2.24) is 15.5 Å². The van der Waals surface area contributed by atoms with Crippen LogP contribution in [0.4, 0.5) is 0 Å². The highest BCUT2D eigenvalue weighted by Gasteiger charge is 2.36. The van der Waals surface area contributed by atoms with Gasteiger partial charge in [0, 0.05) is 6.54 Å². The van der Waals surface area contributed by atoms with Crippen molar-refractivity contribution in [2.75, 3.05) is 12.4 Å². The molecule has 0 spiro atoms. The number of nitrogens with one attached hydrogen (secondary N) is 2. The van der Waals surface area contributed by atoms with E-state index in [1.807, 2.05) is 30.3 Å². The van der Waals surface area contributed by atoms with Gasteiger partial charge in [-0.1, -0.05) is 30.3 Å². The third-order valence-corrected chi connectivity index (χ3v) is 5.36. The minimum Gasteiger partial charge on any atom is -0.344 e. The van der Waals surface area contributed by atoms with Crippen LogP contribution in [0.3, 0.4) is 0 Å². The number of benzene rings is 1. The van der Waals surface area contributed by atoms with E-state index in [1.54, 1.807) is 6.92 Å². The van der Waals surface area contributed by atoms with Crippen molar-refractivity contribution in [3.05, 3.63) is 35.9 Å². The number of hydrogen-bond acceptors (Lipinski definition) is 5. The smallest absolute Gasteiger partial charge is 0.243 e. The highest BCUT2D eigenvalue weighted by Crippen LogP contribution is 2.18. The van der Waals surface area contributed by atoms with Gasteiger partial charge in [0.05, 0.1) is 18.0 Å². The molecule has 1 saturated heterocycles. The Morgan fingerprint density at radius 3 is 2.43 bits per heavy atom. The molecule has 0 bridgehead atoms. The first-order valence-corrected chi connectivity index (χ1v) is 10.6. The number of nitrogens with zero attached hydrogens (tertiary/aromatic N) is 1. The number of carbonyl (C=O) groups excluding carboxylic acids is 4. The van der Waals surface area contributed by atoms with Crippen molar-refractivity contribution in [2.24, 2.45) is 5.73 Å². The van der Waals surface area contributed by atoms with Crippen LogP contribution in [0.1, 0.15) is 32.3 Å². The Bertz CT molecular complexity index is 772. The molecule has 164 valence electrons. The van der Waals surface area contributed by atoms with Gasteiger partial charge in [0.15, 0.2) is 5.78 Å². The van der Waals surface area contributed by atoms with Gasteiger partial charge < -0.3 is 21.3 Å². The molecule has 0 radical (unpaired) electrons. The summed E-state index contributed by atoms with van der Waals surface area (Å²) in [5.41, 5.74) is 6.54. The van der Waals surface area contributed by atoms with Gasteiger partial charge in [0.2, 0.25) is 17.7 Å². The monoisotopic (exact) mass is 436 g/mol. The lowest BCUT2D eigenvalue weighted by Gasteiger charge is -2.27. The van der Waals surface area contributed by atoms with E-state index in [0.717, 1.165) is 5.56 Å². The number of likely N-dealkylation sites (tertiary alicyclic amines) is 1. The minimum atomic E-state index is -0.883. The molecule has 4 atom stereocenters. The van der Waals surface area contributed by atoms with Crippen LogP contribution in [0.25, 0.3) is 0 Å². The quantitative estimate of drug-likeness (QED) is 0.483. The molecule has 0 aliphatic carbocycles. The lowest BCUT2D eigenvalue weighted by Crippen LogP contribution is -2.55. The summed E-state index contributed by atoms with van der Waals surface area (Å²) in [4.78, 5) is 51.1. The number of halogens is 1. The molecular weight excluding hydrogens is 408 g/mol. The molecule has 1 aromatic rings. The summed E-state index contributed by atoms with van der Waals surface area (Å²) < 4.78 is 0. The van der Waals surface area contributed by atoms with E-state index in [1.165, 1.54) is 11.8 Å². The predicted octanol–water partition coefficient (Wildman–Crippen LogP) is 0.365. The van der Waals surface area contributed by atoms with Crippen LogP contribution < -0.4 is 16.4 Å². The number of carbonyl (C=O) groups is 4. The Labute approximate surface area is 181 Å². The minimum absolute atomic E-state index is 0.227. The highest BCUT2D eigenvalue weighted by atomic mass is 35.5. The van der Waals surface area contributed by atoms with Gasteiger partial charge in [0.1, 0.15) is 12.1 Å². The summed E-state index contributed by atoms with van der Waals surface area (Å²) in [6.07, 6.45) is 1.51. The van der Waals surface area contributed by atoms with E-state index < -0.39 is 36.0 Å². The standard InChI is InChI=1S/C21H29ClN4O4/c1-13(23)21(30)26-10-6-9-17(26)20(29)24-14(2)19(28)25-16(18(27)12-22)11-15-7-4-3-5-8-15/h3-5,7-8,13-14,16-17H,6,9-12,23H2,1-2H3,(H,24,29)(H,25,28)/t13-,14+,16?,17?/m1/s1. The van der Waals surface area contributed by atoms with Crippen molar-refractivity contribution < 1.29 is 19.2 Å². The molecule has 9 heteroatoms. The van der Waals surface area contributed by atoms with E-state index in [9.17, 15) is 19.2 Å². The van der Waals surface area contributed by atoms with Crippen molar-refractivity contribution in [3.8, 4) is 0 Å². The first-order valence-electron chi connectivity index (χ1n) is 10.0. The second-order valence-corrected chi connectivity index (χ2v) is 7.83. The molecule has 0 aromatic heterocycles. The molecule has 1 aromatic carbocycles. The highest BCUT2D eigenvalue weighted by molar-refractivity contribution is 6.28. The Balaban J connectivity index is 1.98. The molecule has 1 heterocycles. The van der Waals surface area contributed by atoms with E-state index in [-0.39, 0.29) is 17.6 Å². The third-order valence-electron chi connectivity index (χ3n) is 5.10. The van der Waals surface area contributed by atoms with Gasteiger partial charge >= 0.3 is 0 Å². The summed E-state index contributed by atoms with van der Waals surface area (Å²) in [5, 5.41) is 5.32. The predicted molar refractivity (Wildman–Crippen MR) is 114 cm³/mol.